The van der Waals surface area contributed by atoms with Crippen LogP contribution in [0.15, 0.2) is 24.3 Å². The zero-order valence-electron chi connectivity index (χ0n) is 16.2. The normalized spacial score (nSPS) is 23.6. The molecular weight excluding hydrogens is 360 g/mol. The van der Waals surface area contributed by atoms with Crippen LogP contribution < -0.4 is 4.74 Å². The van der Waals surface area contributed by atoms with E-state index < -0.39 is 0 Å². The molecule has 1 aromatic rings. The summed E-state index contributed by atoms with van der Waals surface area (Å²) in [5.74, 6) is 0.982. The molecule has 1 atom stereocenters. The van der Waals surface area contributed by atoms with Crippen LogP contribution in [0.25, 0.3) is 0 Å². The zero-order chi connectivity index (χ0) is 19.3. The summed E-state index contributed by atoms with van der Waals surface area (Å²) in [7, 11) is 0. The number of benzene rings is 1. The molecule has 3 aliphatic rings. The zero-order valence-corrected chi connectivity index (χ0v) is 16.2. The van der Waals surface area contributed by atoms with Crippen molar-refractivity contribution in [3.05, 3.63) is 29.8 Å². The number of amides is 2. The molecule has 0 unspecified atom stereocenters. The fourth-order valence-corrected chi connectivity index (χ4v) is 4.03. The molecule has 3 aliphatic heterocycles. The van der Waals surface area contributed by atoms with Crippen LogP contribution in [0, 0.1) is 5.92 Å². The smallest absolute Gasteiger partial charge is 0.254 e. The lowest BCUT2D eigenvalue weighted by Gasteiger charge is -2.33. The van der Waals surface area contributed by atoms with Gasteiger partial charge in [0.05, 0.1) is 25.7 Å². The van der Waals surface area contributed by atoms with Gasteiger partial charge in [-0.1, -0.05) is 6.07 Å². The van der Waals surface area contributed by atoms with Crippen LogP contribution in [0.1, 0.15) is 29.6 Å². The summed E-state index contributed by atoms with van der Waals surface area (Å²) in [5.41, 5.74) is 0.647. The maximum absolute atomic E-state index is 12.6. The fraction of sp³-hybridized carbons (Fsp3) is 0.619. The van der Waals surface area contributed by atoms with Crippen molar-refractivity contribution in [1.82, 2.24) is 9.80 Å². The largest absolute Gasteiger partial charge is 0.490 e. The van der Waals surface area contributed by atoms with Crippen molar-refractivity contribution in [3.63, 3.8) is 0 Å². The van der Waals surface area contributed by atoms with Gasteiger partial charge in [0.2, 0.25) is 5.91 Å². The first-order valence-corrected chi connectivity index (χ1v) is 10.2. The van der Waals surface area contributed by atoms with Gasteiger partial charge >= 0.3 is 0 Å². The molecule has 0 N–H and O–H groups in total. The van der Waals surface area contributed by atoms with E-state index in [0.29, 0.717) is 63.9 Å². The van der Waals surface area contributed by atoms with Gasteiger partial charge in [-0.05, 0) is 24.6 Å². The van der Waals surface area contributed by atoms with Crippen LogP contribution in [-0.4, -0.2) is 80.3 Å². The lowest BCUT2D eigenvalue weighted by molar-refractivity contribution is -0.137. The predicted molar refractivity (Wildman–Crippen MR) is 102 cm³/mol. The molecule has 0 bridgehead atoms. The number of hydrogen-bond acceptors (Lipinski definition) is 5. The third-order valence-corrected chi connectivity index (χ3v) is 5.71. The standard InChI is InChI=1S/C21H28N2O5/c24-20(23-9-12-26-13-10-23)16-2-1-3-19(14-16)28-18-4-7-22(8-5-18)21(25)17-6-11-27-15-17/h1-3,14,17-18H,4-13,15H2/t17-/m0/s1. The monoisotopic (exact) mass is 388 g/mol. The second kappa shape index (κ2) is 8.92. The van der Waals surface area contributed by atoms with Gasteiger partial charge < -0.3 is 24.0 Å². The first-order chi connectivity index (χ1) is 13.7. The summed E-state index contributed by atoms with van der Waals surface area (Å²) in [6.07, 6.45) is 2.51. The summed E-state index contributed by atoms with van der Waals surface area (Å²) < 4.78 is 16.8. The van der Waals surface area contributed by atoms with Gasteiger partial charge in [0.15, 0.2) is 0 Å². The van der Waals surface area contributed by atoms with E-state index in [2.05, 4.69) is 0 Å². The first-order valence-electron chi connectivity index (χ1n) is 10.2. The van der Waals surface area contributed by atoms with Crippen molar-refractivity contribution in [2.75, 3.05) is 52.6 Å². The van der Waals surface area contributed by atoms with Crippen LogP contribution in [0.5, 0.6) is 5.75 Å². The maximum atomic E-state index is 12.6. The maximum Gasteiger partial charge on any atom is 0.254 e. The van der Waals surface area contributed by atoms with Gasteiger partial charge in [0.25, 0.3) is 5.91 Å². The second-order valence-corrected chi connectivity index (χ2v) is 7.64. The number of likely N-dealkylation sites (tertiary alicyclic amines) is 1. The highest BCUT2D eigenvalue weighted by molar-refractivity contribution is 5.94. The lowest BCUT2D eigenvalue weighted by atomic mass is 10.0. The number of carbonyl (C=O) groups excluding carboxylic acids is 2. The number of carbonyl (C=O) groups is 2. The number of rotatable bonds is 4. The molecule has 0 aromatic heterocycles. The van der Waals surface area contributed by atoms with E-state index >= 15 is 0 Å². The molecule has 4 rings (SSSR count). The second-order valence-electron chi connectivity index (χ2n) is 7.64. The Kier molecular flexibility index (Phi) is 6.12. The summed E-state index contributed by atoms with van der Waals surface area (Å²) >= 11 is 0. The van der Waals surface area contributed by atoms with E-state index in [4.69, 9.17) is 14.2 Å². The molecule has 3 fully saturated rings. The van der Waals surface area contributed by atoms with Crippen LogP contribution >= 0.6 is 0 Å². The van der Waals surface area contributed by atoms with Gasteiger partial charge in [-0.2, -0.15) is 0 Å². The summed E-state index contributed by atoms with van der Waals surface area (Å²) in [4.78, 5) is 28.9. The molecule has 152 valence electrons. The Bertz CT molecular complexity index is 690. The number of nitrogens with zero attached hydrogens (tertiary/aromatic N) is 2. The Labute approximate surface area is 165 Å². The van der Waals surface area contributed by atoms with Crippen LogP contribution in [-0.2, 0) is 14.3 Å². The number of hydrogen-bond donors (Lipinski definition) is 0. The van der Waals surface area contributed by atoms with Crippen molar-refractivity contribution < 1.29 is 23.8 Å². The van der Waals surface area contributed by atoms with Crippen molar-refractivity contribution >= 4 is 11.8 Å². The Morgan fingerprint density at radius 3 is 2.43 bits per heavy atom. The summed E-state index contributed by atoms with van der Waals surface area (Å²) in [6.45, 7) is 5.11. The summed E-state index contributed by atoms with van der Waals surface area (Å²) in [6, 6.07) is 7.41. The van der Waals surface area contributed by atoms with E-state index in [1.807, 2.05) is 34.1 Å². The van der Waals surface area contributed by atoms with Gasteiger partial charge in [-0.3, -0.25) is 9.59 Å². The Morgan fingerprint density at radius 1 is 0.929 bits per heavy atom. The average Bonchev–Trinajstić information content (AvgIpc) is 3.29. The van der Waals surface area contributed by atoms with Crippen molar-refractivity contribution in [2.24, 2.45) is 5.92 Å². The number of ether oxygens (including phenoxy) is 3. The Balaban J connectivity index is 1.30. The van der Waals surface area contributed by atoms with E-state index in [0.717, 1.165) is 19.3 Å². The first kappa shape index (κ1) is 19.2. The van der Waals surface area contributed by atoms with E-state index in [1.165, 1.54) is 0 Å². The minimum atomic E-state index is 0.0212. The molecule has 0 aliphatic carbocycles. The SMILES string of the molecule is O=C(c1cccc(OC2CCN(C(=O)[C@H]3CCOC3)CC2)c1)N1CCOCC1. The van der Waals surface area contributed by atoms with Crippen molar-refractivity contribution in [3.8, 4) is 5.75 Å². The van der Waals surface area contributed by atoms with Crippen molar-refractivity contribution in [1.29, 1.82) is 0 Å². The summed E-state index contributed by atoms with van der Waals surface area (Å²) in [5, 5.41) is 0. The molecule has 0 spiro atoms. The highest BCUT2D eigenvalue weighted by Crippen LogP contribution is 2.23. The molecular formula is C21H28N2O5. The molecule has 28 heavy (non-hydrogen) atoms. The van der Waals surface area contributed by atoms with E-state index in [1.54, 1.807) is 0 Å². The van der Waals surface area contributed by atoms with Gasteiger partial charge in [0, 0.05) is 51.2 Å². The van der Waals surface area contributed by atoms with E-state index in [-0.39, 0.29) is 23.8 Å². The highest BCUT2D eigenvalue weighted by Gasteiger charge is 2.31. The van der Waals surface area contributed by atoms with Crippen molar-refractivity contribution in [2.45, 2.75) is 25.4 Å². The van der Waals surface area contributed by atoms with Gasteiger partial charge in [-0.25, -0.2) is 0 Å². The van der Waals surface area contributed by atoms with Crippen LogP contribution in [0.4, 0.5) is 0 Å². The topological polar surface area (TPSA) is 68.3 Å². The minimum absolute atomic E-state index is 0.0212. The average molecular weight is 388 g/mol. The number of morpholine rings is 1. The van der Waals surface area contributed by atoms with Gasteiger partial charge in [-0.15, -0.1) is 0 Å². The van der Waals surface area contributed by atoms with Gasteiger partial charge in [0.1, 0.15) is 11.9 Å². The Hall–Kier alpha value is -2.12. The quantitative estimate of drug-likeness (QED) is 0.783. The number of piperidine rings is 1. The fourth-order valence-electron chi connectivity index (χ4n) is 4.03. The molecule has 3 heterocycles. The third-order valence-electron chi connectivity index (χ3n) is 5.71. The third kappa shape index (κ3) is 4.47. The predicted octanol–water partition coefficient (Wildman–Crippen LogP) is 1.57. The minimum Gasteiger partial charge on any atom is -0.490 e. The molecule has 0 saturated carbocycles. The van der Waals surface area contributed by atoms with Crippen LogP contribution in [0.2, 0.25) is 0 Å². The lowest BCUT2D eigenvalue weighted by Crippen LogP contribution is -2.44. The molecule has 1 aromatic carbocycles. The molecule has 7 nitrogen and oxygen atoms in total. The van der Waals surface area contributed by atoms with Crippen LogP contribution in [0.3, 0.4) is 0 Å². The molecule has 3 saturated heterocycles. The Morgan fingerprint density at radius 2 is 1.71 bits per heavy atom. The molecule has 2 amide bonds. The van der Waals surface area contributed by atoms with E-state index in [9.17, 15) is 9.59 Å². The molecule has 7 heteroatoms. The molecule has 0 radical (unpaired) electrons. The highest BCUT2D eigenvalue weighted by atomic mass is 16.5.